The molecule has 2 aromatic rings. The fourth-order valence-electron chi connectivity index (χ4n) is 2.75. The zero-order valence-electron chi connectivity index (χ0n) is 15.9. The fraction of sp³-hybridized carbons (Fsp3) is 0.333. The van der Waals surface area contributed by atoms with Crippen molar-refractivity contribution in [1.82, 2.24) is 10.6 Å². The molecule has 0 fully saturated rings. The van der Waals surface area contributed by atoms with E-state index in [1.807, 2.05) is 24.3 Å². The summed E-state index contributed by atoms with van der Waals surface area (Å²) in [6.45, 7) is 5.11. The summed E-state index contributed by atoms with van der Waals surface area (Å²) in [6.07, 6.45) is 0.953. The van der Waals surface area contributed by atoms with Crippen molar-refractivity contribution in [2.45, 2.75) is 19.9 Å². The van der Waals surface area contributed by atoms with E-state index in [2.05, 4.69) is 39.6 Å². The molecule has 0 saturated carbocycles. The summed E-state index contributed by atoms with van der Waals surface area (Å²) >= 11 is 0. The molecule has 2 aromatic carbocycles. The SMILES string of the molecule is CCN(CCCNC(=NC)NCc1ccc(C#N)cc1F)c1ccccc1. The smallest absolute Gasteiger partial charge is 0.191 e. The van der Waals surface area contributed by atoms with Gasteiger partial charge in [-0.25, -0.2) is 4.39 Å². The summed E-state index contributed by atoms with van der Waals surface area (Å²) in [4.78, 5) is 6.49. The van der Waals surface area contributed by atoms with Crippen LogP contribution in [-0.4, -0.2) is 32.6 Å². The van der Waals surface area contributed by atoms with E-state index in [0.29, 0.717) is 23.6 Å². The third-order valence-corrected chi connectivity index (χ3v) is 4.25. The summed E-state index contributed by atoms with van der Waals surface area (Å²) in [6, 6.07) is 16.7. The molecule has 142 valence electrons. The minimum absolute atomic E-state index is 0.308. The molecule has 6 heteroatoms. The Morgan fingerprint density at radius 3 is 2.59 bits per heavy atom. The Hall–Kier alpha value is -3.07. The Morgan fingerprint density at radius 1 is 1.19 bits per heavy atom. The van der Waals surface area contributed by atoms with Gasteiger partial charge in [-0.2, -0.15) is 5.26 Å². The monoisotopic (exact) mass is 367 g/mol. The zero-order valence-corrected chi connectivity index (χ0v) is 15.9. The van der Waals surface area contributed by atoms with Crippen LogP contribution in [0.5, 0.6) is 0 Å². The predicted molar refractivity (Wildman–Crippen MR) is 108 cm³/mol. The summed E-state index contributed by atoms with van der Waals surface area (Å²) in [5.74, 6) is 0.236. The topological polar surface area (TPSA) is 63.4 Å². The molecule has 0 heterocycles. The highest BCUT2D eigenvalue weighted by atomic mass is 19.1. The third kappa shape index (κ3) is 6.30. The van der Waals surface area contributed by atoms with Crippen LogP contribution in [0.3, 0.4) is 0 Å². The molecule has 2 rings (SSSR count). The van der Waals surface area contributed by atoms with Crippen molar-refractivity contribution in [2.24, 2.45) is 4.99 Å². The van der Waals surface area contributed by atoms with Crippen molar-refractivity contribution in [2.75, 3.05) is 31.6 Å². The number of anilines is 1. The van der Waals surface area contributed by atoms with Crippen LogP contribution in [0.4, 0.5) is 10.1 Å². The lowest BCUT2D eigenvalue weighted by atomic mass is 10.1. The number of hydrogen-bond donors (Lipinski definition) is 2. The maximum absolute atomic E-state index is 13.9. The van der Waals surface area contributed by atoms with Gasteiger partial charge < -0.3 is 15.5 Å². The first-order valence-electron chi connectivity index (χ1n) is 9.11. The molecule has 0 radical (unpaired) electrons. The van der Waals surface area contributed by atoms with Crippen molar-refractivity contribution in [3.8, 4) is 6.07 Å². The van der Waals surface area contributed by atoms with Crippen LogP contribution in [0, 0.1) is 17.1 Å². The van der Waals surface area contributed by atoms with Crippen molar-refractivity contribution in [1.29, 1.82) is 5.26 Å². The second-order valence-corrected chi connectivity index (χ2v) is 6.04. The molecular formula is C21H26FN5. The number of hydrogen-bond acceptors (Lipinski definition) is 3. The number of nitriles is 1. The first-order valence-corrected chi connectivity index (χ1v) is 9.11. The molecular weight excluding hydrogens is 341 g/mol. The van der Waals surface area contributed by atoms with Crippen LogP contribution in [0.15, 0.2) is 53.5 Å². The molecule has 0 aliphatic heterocycles. The van der Waals surface area contributed by atoms with Gasteiger partial charge in [0, 0.05) is 44.5 Å². The Morgan fingerprint density at radius 2 is 1.96 bits per heavy atom. The molecule has 0 aliphatic carbocycles. The van der Waals surface area contributed by atoms with Crippen LogP contribution < -0.4 is 15.5 Å². The third-order valence-electron chi connectivity index (χ3n) is 4.25. The highest BCUT2D eigenvalue weighted by Gasteiger charge is 2.06. The first-order chi connectivity index (χ1) is 13.2. The number of guanidine groups is 1. The van der Waals surface area contributed by atoms with E-state index in [1.165, 1.54) is 11.8 Å². The lowest BCUT2D eigenvalue weighted by Crippen LogP contribution is -2.38. The van der Waals surface area contributed by atoms with Crippen LogP contribution in [0.2, 0.25) is 0 Å². The van der Waals surface area contributed by atoms with Crippen molar-refractivity contribution >= 4 is 11.6 Å². The Balaban J connectivity index is 1.76. The first kappa shape index (κ1) is 20.2. The minimum Gasteiger partial charge on any atom is -0.372 e. The van der Waals surface area contributed by atoms with Gasteiger partial charge in [0.1, 0.15) is 5.82 Å². The van der Waals surface area contributed by atoms with Gasteiger partial charge in [0.25, 0.3) is 0 Å². The van der Waals surface area contributed by atoms with E-state index in [9.17, 15) is 4.39 Å². The number of nitrogens with one attached hydrogen (secondary N) is 2. The largest absolute Gasteiger partial charge is 0.372 e. The quantitative estimate of drug-likeness (QED) is 0.427. The predicted octanol–water partition coefficient (Wildman–Crippen LogP) is 3.28. The number of para-hydroxylation sites is 1. The standard InChI is InChI=1S/C21H26FN5/c1-3-27(19-8-5-4-6-9-19)13-7-12-25-21(24-2)26-16-18-11-10-17(15-23)14-20(18)22/h4-6,8-11,14H,3,7,12-13,16H2,1-2H3,(H2,24,25,26). The van der Waals surface area contributed by atoms with Gasteiger partial charge in [0.15, 0.2) is 5.96 Å². The number of rotatable bonds is 8. The van der Waals surface area contributed by atoms with Gasteiger partial charge in [-0.15, -0.1) is 0 Å². The zero-order chi connectivity index (χ0) is 19.5. The second kappa shape index (κ2) is 10.8. The van der Waals surface area contributed by atoms with E-state index in [4.69, 9.17) is 5.26 Å². The summed E-state index contributed by atoms with van der Waals surface area (Å²) < 4.78 is 13.9. The summed E-state index contributed by atoms with van der Waals surface area (Å²) in [5, 5.41) is 15.1. The summed E-state index contributed by atoms with van der Waals surface area (Å²) in [7, 11) is 1.69. The highest BCUT2D eigenvalue weighted by molar-refractivity contribution is 5.79. The average Bonchev–Trinajstić information content (AvgIpc) is 2.71. The highest BCUT2D eigenvalue weighted by Crippen LogP contribution is 2.12. The average molecular weight is 367 g/mol. The normalized spacial score (nSPS) is 11.0. The number of nitrogens with zero attached hydrogens (tertiary/aromatic N) is 3. The fourth-order valence-corrected chi connectivity index (χ4v) is 2.75. The van der Waals surface area contributed by atoms with Crippen LogP contribution in [0.1, 0.15) is 24.5 Å². The molecule has 0 atom stereocenters. The van der Waals surface area contributed by atoms with Crippen LogP contribution >= 0.6 is 0 Å². The van der Waals surface area contributed by atoms with Crippen molar-refractivity contribution in [3.05, 3.63) is 65.5 Å². The Labute approximate surface area is 160 Å². The summed E-state index contributed by atoms with van der Waals surface area (Å²) in [5.41, 5.74) is 2.04. The minimum atomic E-state index is -0.390. The van der Waals surface area contributed by atoms with E-state index >= 15 is 0 Å². The van der Waals surface area contributed by atoms with Gasteiger partial charge in [0.05, 0.1) is 11.6 Å². The maximum atomic E-state index is 13.9. The lowest BCUT2D eigenvalue weighted by molar-refractivity contribution is 0.604. The number of aliphatic imine (C=N–C) groups is 1. The molecule has 0 bridgehead atoms. The van der Waals surface area contributed by atoms with E-state index in [-0.39, 0.29) is 0 Å². The molecule has 2 N–H and O–H groups in total. The molecule has 0 amide bonds. The maximum Gasteiger partial charge on any atom is 0.191 e. The molecule has 0 aromatic heterocycles. The van der Waals surface area contributed by atoms with E-state index in [0.717, 1.165) is 26.1 Å². The van der Waals surface area contributed by atoms with Crippen molar-refractivity contribution < 1.29 is 4.39 Å². The van der Waals surface area contributed by atoms with Gasteiger partial charge in [-0.05, 0) is 37.6 Å². The molecule has 0 unspecified atom stereocenters. The number of halogens is 1. The molecule has 5 nitrogen and oxygen atoms in total. The van der Waals surface area contributed by atoms with E-state index < -0.39 is 5.82 Å². The van der Waals surface area contributed by atoms with E-state index in [1.54, 1.807) is 19.2 Å². The Bertz CT molecular complexity index is 783. The Kier molecular flexibility index (Phi) is 8.11. The lowest BCUT2D eigenvalue weighted by Gasteiger charge is -2.23. The molecule has 0 saturated heterocycles. The molecule has 0 spiro atoms. The van der Waals surface area contributed by atoms with Gasteiger partial charge in [-0.3, -0.25) is 4.99 Å². The van der Waals surface area contributed by atoms with Crippen LogP contribution in [0.25, 0.3) is 0 Å². The van der Waals surface area contributed by atoms with Gasteiger partial charge in [-0.1, -0.05) is 24.3 Å². The van der Waals surface area contributed by atoms with Gasteiger partial charge >= 0.3 is 0 Å². The van der Waals surface area contributed by atoms with Crippen molar-refractivity contribution in [3.63, 3.8) is 0 Å². The van der Waals surface area contributed by atoms with Crippen LogP contribution in [-0.2, 0) is 6.54 Å². The molecule has 27 heavy (non-hydrogen) atoms. The van der Waals surface area contributed by atoms with Gasteiger partial charge in [0.2, 0.25) is 0 Å². The second-order valence-electron chi connectivity index (χ2n) is 6.04. The molecule has 0 aliphatic rings. The number of benzene rings is 2.